The maximum atomic E-state index is 13.8. The van der Waals surface area contributed by atoms with Crippen LogP contribution in [0, 0.1) is 18.6 Å². The standard InChI is InChI=1S/C14H14F2N2/c1-9-6-7-10(15)8-12(9)14(18-17)11-4-2-3-5-13(11)16/h2-8,14,18H,17H2,1H3. The zero-order valence-electron chi connectivity index (χ0n) is 9.95. The van der Waals surface area contributed by atoms with Gasteiger partial charge in [0.1, 0.15) is 11.6 Å². The SMILES string of the molecule is Cc1ccc(F)cc1C(NN)c1ccccc1F. The summed E-state index contributed by atoms with van der Waals surface area (Å²) < 4.78 is 27.1. The lowest BCUT2D eigenvalue weighted by atomic mass is 9.95. The van der Waals surface area contributed by atoms with Gasteiger partial charge >= 0.3 is 0 Å². The minimum absolute atomic E-state index is 0.368. The van der Waals surface area contributed by atoms with E-state index in [0.717, 1.165) is 5.56 Å². The van der Waals surface area contributed by atoms with E-state index in [4.69, 9.17) is 5.84 Å². The van der Waals surface area contributed by atoms with Crippen LogP contribution < -0.4 is 11.3 Å². The van der Waals surface area contributed by atoms with Gasteiger partial charge in [-0.05, 0) is 36.2 Å². The number of hydrogen-bond donors (Lipinski definition) is 2. The van der Waals surface area contributed by atoms with Crippen LogP contribution in [0.4, 0.5) is 8.78 Å². The molecule has 2 aromatic rings. The first-order valence-electron chi connectivity index (χ1n) is 5.60. The van der Waals surface area contributed by atoms with Gasteiger partial charge in [0.15, 0.2) is 0 Å². The number of benzene rings is 2. The van der Waals surface area contributed by atoms with E-state index >= 15 is 0 Å². The van der Waals surface area contributed by atoms with E-state index in [-0.39, 0.29) is 11.6 Å². The zero-order chi connectivity index (χ0) is 13.1. The zero-order valence-corrected chi connectivity index (χ0v) is 9.95. The quantitative estimate of drug-likeness (QED) is 0.647. The minimum atomic E-state index is -0.568. The smallest absolute Gasteiger partial charge is 0.128 e. The molecular formula is C14H14F2N2. The summed E-state index contributed by atoms with van der Waals surface area (Å²) in [5.41, 5.74) is 4.41. The topological polar surface area (TPSA) is 38.0 Å². The lowest BCUT2D eigenvalue weighted by molar-refractivity contribution is 0.554. The third-order valence-electron chi connectivity index (χ3n) is 2.94. The first-order chi connectivity index (χ1) is 8.63. The summed E-state index contributed by atoms with van der Waals surface area (Å²) in [7, 11) is 0. The Labute approximate surface area is 104 Å². The van der Waals surface area contributed by atoms with Crippen molar-refractivity contribution in [2.24, 2.45) is 5.84 Å². The molecule has 1 atom stereocenters. The molecule has 1 unspecified atom stereocenters. The molecule has 0 radical (unpaired) electrons. The molecule has 0 aliphatic heterocycles. The van der Waals surface area contributed by atoms with Crippen LogP contribution in [0.1, 0.15) is 22.7 Å². The van der Waals surface area contributed by atoms with Crippen LogP contribution in [-0.4, -0.2) is 0 Å². The van der Waals surface area contributed by atoms with Gasteiger partial charge < -0.3 is 0 Å². The van der Waals surface area contributed by atoms with Crippen molar-refractivity contribution in [3.05, 3.63) is 70.8 Å². The number of hydrogen-bond acceptors (Lipinski definition) is 2. The van der Waals surface area contributed by atoms with Crippen molar-refractivity contribution in [3.8, 4) is 0 Å². The molecule has 0 aliphatic carbocycles. The van der Waals surface area contributed by atoms with Crippen molar-refractivity contribution in [1.29, 1.82) is 0 Å². The highest BCUT2D eigenvalue weighted by atomic mass is 19.1. The number of nitrogens with one attached hydrogen (secondary N) is 1. The Bertz CT molecular complexity index is 555. The van der Waals surface area contributed by atoms with Crippen molar-refractivity contribution >= 4 is 0 Å². The van der Waals surface area contributed by atoms with E-state index in [0.29, 0.717) is 11.1 Å². The molecule has 3 N–H and O–H groups in total. The van der Waals surface area contributed by atoms with Gasteiger partial charge in [-0.15, -0.1) is 0 Å². The van der Waals surface area contributed by atoms with Gasteiger partial charge in [-0.3, -0.25) is 5.84 Å². The van der Waals surface area contributed by atoms with Crippen molar-refractivity contribution < 1.29 is 8.78 Å². The first-order valence-corrected chi connectivity index (χ1v) is 5.60. The normalized spacial score (nSPS) is 12.4. The van der Waals surface area contributed by atoms with Crippen LogP contribution in [-0.2, 0) is 0 Å². The maximum absolute atomic E-state index is 13.8. The van der Waals surface area contributed by atoms with Crippen molar-refractivity contribution in [2.45, 2.75) is 13.0 Å². The molecule has 0 saturated carbocycles. The number of hydrazine groups is 1. The van der Waals surface area contributed by atoms with E-state index in [9.17, 15) is 8.78 Å². The Hall–Kier alpha value is -1.78. The van der Waals surface area contributed by atoms with Gasteiger partial charge in [0, 0.05) is 5.56 Å². The molecule has 2 aromatic carbocycles. The van der Waals surface area contributed by atoms with E-state index in [1.54, 1.807) is 24.3 Å². The van der Waals surface area contributed by atoms with E-state index in [2.05, 4.69) is 5.43 Å². The molecule has 0 aliphatic rings. The Morgan fingerprint density at radius 1 is 1.06 bits per heavy atom. The molecule has 0 heterocycles. The highest BCUT2D eigenvalue weighted by Gasteiger charge is 2.18. The molecule has 94 valence electrons. The Morgan fingerprint density at radius 3 is 2.44 bits per heavy atom. The van der Waals surface area contributed by atoms with Gasteiger partial charge in [-0.1, -0.05) is 24.3 Å². The second-order valence-electron chi connectivity index (χ2n) is 4.12. The van der Waals surface area contributed by atoms with Crippen LogP contribution in [0.3, 0.4) is 0 Å². The highest BCUT2D eigenvalue weighted by molar-refractivity contribution is 5.37. The molecule has 0 fully saturated rings. The average molecular weight is 248 g/mol. The van der Waals surface area contributed by atoms with Gasteiger partial charge in [0.2, 0.25) is 0 Å². The number of rotatable bonds is 3. The Balaban J connectivity index is 2.52. The molecule has 4 heteroatoms. The fraction of sp³-hybridized carbons (Fsp3) is 0.143. The predicted octanol–water partition coefficient (Wildman–Crippen LogP) is 2.83. The van der Waals surface area contributed by atoms with Crippen molar-refractivity contribution in [3.63, 3.8) is 0 Å². The third kappa shape index (κ3) is 2.39. The summed E-state index contributed by atoms with van der Waals surface area (Å²) in [6, 6.07) is 10.1. The van der Waals surface area contributed by atoms with Crippen LogP contribution >= 0.6 is 0 Å². The van der Waals surface area contributed by atoms with Crippen LogP contribution in [0.5, 0.6) is 0 Å². The largest absolute Gasteiger partial charge is 0.271 e. The van der Waals surface area contributed by atoms with Gasteiger partial charge in [0.05, 0.1) is 6.04 Å². The Morgan fingerprint density at radius 2 is 1.78 bits per heavy atom. The minimum Gasteiger partial charge on any atom is -0.271 e. The van der Waals surface area contributed by atoms with Crippen LogP contribution in [0.2, 0.25) is 0 Å². The fourth-order valence-electron chi connectivity index (χ4n) is 1.98. The fourth-order valence-corrected chi connectivity index (χ4v) is 1.98. The number of halogens is 2. The summed E-state index contributed by atoms with van der Waals surface area (Å²) in [5.74, 6) is 4.75. The van der Waals surface area contributed by atoms with Crippen molar-refractivity contribution in [1.82, 2.24) is 5.43 Å². The molecule has 0 aromatic heterocycles. The van der Waals surface area contributed by atoms with Gasteiger partial charge in [-0.25, -0.2) is 14.2 Å². The van der Waals surface area contributed by atoms with E-state index < -0.39 is 6.04 Å². The first kappa shape index (κ1) is 12.7. The number of nitrogens with two attached hydrogens (primary N) is 1. The van der Waals surface area contributed by atoms with Crippen molar-refractivity contribution in [2.75, 3.05) is 0 Å². The van der Waals surface area contributed by atoms with Gasteiger partial charge in [0.25, 0.3) is 0 Å². The second kappa shape index (κ2) is 5.25. The molecule has 0 saturated heterocycles. The third-order valence-corrected chi connectivity index (χ3v) is 2.94. The monoisotopic (exact) mass is 248 g/mol. The van der Waals surface area contributed by atoms with Gasteiger partial charge in [-0.2, -0.15) is 0 Å². The molecule has 2 rings (SSSR count). The van der Waals surface area contributed by atoms with Crippen LogP contribution in [0.15, 0.2) is 42.5 Å². The summed E-state index contributed by atoms with van der Waals surface area (Å²) >= 11 is 0. The molecule has 2 nitrogen and oxygen atoms in total. The molecule has 0 spiro atoms. The average Bonchev–Trinajstić information content (AvgIpc) is 2.36. The molecule has 18 heavy (non-hydrogen) atoms. The summed E-state index contributed by atoms with van der Waals surface area (Å²) in [4.78, 5) is 0. The highest BCUT2D eigenvalue weighted by Crippen LogP contribution is 2.26. The van der Waals surface area contributed by atoms with Crippen LogP contribution in [0.25, 0.3) is 0 Å². The Kier molecular flexibility index (Phi) is 3.69. The molecule has 0 amide bonds. The second-order valence-corrected chi connectivity index (χ2v) is 4.12. The van der Waals surface area contributed by atoms with E-state index in [1.165, 1.54) is 18.2 Å². The van der Waals surface area contributed by atoms with E-state index in [1.807, 2.05) is 6.92 Å². The summed E-state index contributed by atoms with van der Waals surface area (Å²) in [5, 5.41) is 0. The summed E-state index contributed by atoms with van der Waals surface area (Å²) in [6.45, 7) is 1.83. The number of aryl methyl sites for hydroxylation is 1. The molecular weight excluding hydrogens is 234 g/mol. The predicted molar refractivity (Wildman–Crippen MR) is 66.7 cm³/mol. The molecule has 0 bridgehead atoms. The maximum Gasteiger partial charge on any atom is 0.128 e. The summed E-state index contributed by atoms with van der Waals surface area (Å²) in [6.07, 6.45) is 0. The lowest BCUT2D eigenvalue weighted by Gasteiger charge is -2.19. The lowest BCUT2D eigenvalue weighted by Crippen LogP contribution is -2.30.